The Morgan fingerprint density at radius 3 is 1.13 bits per heavy atom. The molecule has 0 aliphatic heterocycles. The van der Waals surface area contributed by atoms with Crippen LogP contribution in [-0.4, -0.2) is 87.4 Å². The van der Waals surface area contributed by atoms with Crippen LogP contribution in [0.2, 0.25) is 0 Å². The second kappa shape index (κ2) is 58.9. The highest BCUT2D eigenvalue weighted by Crippen LogP contribution is 2.17. The van der Waals surface area contributed by atoms with Crippen molar-refractivity contribution in [3.8, 4) is 0 Å². The van der Waals surface area contributed by atoms with Gasteiger partial charge in [0.05, 0.1) is 34.4 Å². The van der Waals surface area contributed by atoms with Gasteiger partial charge in [0.2, 0.25) is 0 Å². The SMILES string of the molecule is CC/C=C\C/C=C\C/C=C\C/C=C\CCCCC(=O)OC(COC(=O)CCCCCCCCCCCCCCCCCCCCCCCCCCC/C=C\C/C=C\CCCCCCC)COC(OCC[N+](C)(C)C)C(=O)O. The van der Waals surface area contributed by atoms with Crippen molar-refractivity contribution in [1.29, 1.82) is 0 Å². The van der Waals surface area contributed by atoms with Gasteiger partial charge < -0.3 is 28.5 Å². The third-order valence-electron chi connectivity index (χ3n) is 13.9. The molecule has 0 saturated heterocycles. The molecule has 9 heteroatoms. The van der Waals surface area contributed by atoms with Crippen LogP contribution < -0.4 is 0 Å². The van der Waals surface area contributed by atoms with Gasteiger partial charge in [0, 0.05) is 12.8 Å². The van der Waals surface area contributed by atoms with E-state index in [1.165, 1.54) is 186 Å². The summed E-state index contributed by atoms with van der Waals surface area (Å²) in [4.78, 5) is 37.4. The monoisotopic (exact) mass is 1080 g/mol. The van der Waals surface area contributed by atoms with E-state index in [0.29, 0.717) is 23.9 Å². The van der Waals surface area contributed by atoms with Crippen LogP contribution in [0.3, 0.4) is 0 Å². The fourth-order valence-electron chi connectivity index (χ4n) is 9.04. The Morgan fingerprint density at radius 1 is 0.403 bits per heavy atom. The molecule has 2 atom stereocenters. The average Bonchev–Trinajstić information content (AvgIpc) is 3.40. The normalized spacial score (nSPS) is 13.2. The van der Waals surface area contributed by atoms with Gasteiger partial charge in [-0.15, -0.1) is 0 Å². The molecule has 1 N–H and O–H groups in total. The first-order chi connectivity index (χ1) is 37.6. The lowest BCUT2D eigenvalue weighted by atomic mass is 10.0. The van der Waals surface area contributed by atoms with Gasteiger partial charge in [-0.25, -0.2) is 4.79 Å². The molecule has 0 spiro atoms. The zero-order valence-corrected chi connectivity index (χ0v) is 50.9. The fraction of sp³-hybridized carbons (Fsp3) is 0.779. The summed E-state index contributed by atoms with van der Waals surface area (Å²) in [6, 6.07) is 0. The number of ether oxygens (including phenoxy) is 4. The van der Waals surface area contributed by atoms with Crippen LogP contribution in [0.1, 0.15) is 284 Å². The summed E-state index contributed by atoms with van der Waals surface area (Å²) < 4.78 is 22.8. The van der Waals surface area contributed by atoms with Crippen molar-refractivity contribution in [3.63, 3.8) is 0 Å². The number of carbonyl (C=O) groups excluding carboxylic acids is 2. The molecule has 446 valence electrons. The molecule has 0 aliphatic rings. The van der Waals surface area contributed by atoms with E-state index in [4.69, 9.17) is 18.9 Å². The molecule has 0 aromatic heterocycles. The zero-order chi connectivity index (χ0) is 56.2. The standard InChI is InChI=1S/C68H121NO8/c1-6-8-10-12-14-16-18-20-22-23-24-25-26-27-28-29-30-31-32-33-34-35-36-37-38-39-40-41-42-43-45-46-48-50-52-54-56-58-65(70)75-62-64(63-76-68(67(72)73)74-61-60-69(3,4)5)77-66(71)59-57-55-53-51-49-47-44-21-19-17-15-13-11-9-7-2/h9,11,15,17-18,20-21,23-24,44,49,51,64,68H,6-8,10,12-14,16,19,22,25-43,45-48,50,52-63H2,1-5H3/p+1/b11-9-,17-15-,20-18-,24-23-,44-21-,51-49-. The van der Waals surface area contributed by atoms with Crippen molar-refractivity contribution in [1.82, 2.24) is 0 Å². The number of hydrogen-bond donors (Lipinski definition) is 1. The van der Waals surface area contributed by atoms with E-state index in [1.54, 1.807) is 0 Å². The smallest absolute Gasteiger partial charge is 0.361 e. The number of nitrogens with zero attached hydrogens (tertiary/aromatic N) is 1. The van der Waals surface area contributed by atoms with E-state index < -0.39 is 24.3 Å². The third kappa shape index (κ3) is 60.2. The highest BCUT2D eigenvalue weighted by atomic mass is 16.7. The lowest BCUT2D eigenvalue weighted by Gasteiger charge is -2.25. The molecule has 0 aromatic carbocycles. The third-order valence-corrected chi connectivity index (χ3v) is 13.9. The van der Waals surface area contributed by atoms with Gasteiger partial charge in [-0.1, -0.05) is 260 Å². The quantitative estimate of drug-likeness (QED) is 0.0211. The lowest BCUT2D eigenvalue weighted by molar-refractivity contribution is -0.870. The Kier molecular flexibility index (Phi) is 56.4. The number of carboxylic acids is 1. The van der Waals surface area contributed by atoms with Gasteiger partial charge in [0.1, 0.15) is 13.2 Å². The van der Waals surface area contributed by atoms with E-state index in [9.17, 15) is 19.5 Å². The first kappa shape index (κ1) is 73.7. The van der Waals surface area contributed by atoms with E-state index in [0.717, 1.165) is 64.2 Å². The number of aliphatic carboxylic acids is 1. The maximum absolute atomic E-state index is 12.8. The fourth-order valence-corrected chi connectivity index (χ4v) is 9.04. The second-order valence-electron chi connectivity index (χ2n) is 22.7. The van der Waals surface area contributed by atoms with Crippen molar-refractivity contribution < 1.29 is 42.9 Å². The number of carboxylic acid groups (broad SMARTS) is 1. The molecule has 0 aliphatic carbocycles. The summed E-state index contributed by atoms with van der Waals surface area (Å²) in [5, 5.41) is 9.69. The molecule has 77 heavy (non-hydrogen) atoms. The molecule has 2 unspecified atom stereocenters. The number of rotatable bonds is 59. The van der Waals surface area contributed by atoms with Crippen molar-refractivity contribution in [2.75, 3.05) is 47.5 Å². The molecule has 0 rings (SSSR count). The lowest BCUT2D eigenvalue weighted by Crippen LogP contribution is -2.40. The van der Waals surface area contributed by atoms with Gasteiger partial charge in [0.25, 0.3) is 6.29 Å². The van der Waals surface area contributed by atoms with Gasteiger partial charge in [-0.05, 0) is 83.5 Å². The molecule has 0 aromatic rings. The Labute approximate surface area is 475 Å². The van der Waals surface area contributed by atoms with Crippen molar-refractivity contribution in [2.24, 2.45) is 0 Å². The number of carbonyl (C=O) groups is 3. The minimum atomic E-state index is -1.52. The van der Waals surface area contributed by atoms with Gasteiger partial charge in [-0.2, -0.15) is 0 Å². The summed E-state index contributed by atoms with van der Waals surface area (Å²) in [5.41, 5.74) is 0. The zero-order valence-electron chi connectivity index (χ0n) is 50.9. The molecule has 0 fully saturated rings. The van der Waals surface area contributed by atoms with Gasteiger partial charge in [-0.3, -0.25) is 9.59 Å². The Balaban J connectivity index is 3.99. The van der Waals surface area contributed by atoms with Crippen LogP contribution in [0.25, 0.3) is 0 Å². The molecular weight excluding hydrogens is 959 g/mol. The number of hydrogen-bond acceptors (Lipinski definition) is 7. The van der Waals surface area contributed by atoms with Crippen LogP contribution in [0, 0.1) is 0 Å². The topological polar surface area (TPSA) is 108 Å². The predicted octanol–water partition coefficient (Wildman–Crippen LogP) is 19.4. The summed E-state index contributed by atoms with van der Waals surface area (Å²) >= 11 is 0. The number of esters is 2. The molecule has 0 saturated carbocycles. The van der Waals surface area contributed by atoms with E-state index in [2.05, 4.69) is 86.8 Å². The average molecular weight is 1080 g/mol. The summed E-state index contributed by atoms with van der Waals surface area (Å²) in [6.45, 7) is 4.72. The Hall–Kier alpha value is -3.27. The largest absolute Gasteiger partial charge is 0.477 e. The Bertz CT molecular complexity index is 1490. The minimum Gasteiger partial charge on any atom is -0.477 e. The molecular formula is C68H122NO8+. The number of allylic oxidation sites excluding steroid dienone is 12. The number of quaternary nitrogens is 1. The molecule has 9 nitrogen and oxygen atoms in total. The molecule has 0 amide bonds. The first-order valence-electron chi connectivity index (χ1n) is 32.1. The molecule has 0 radical (unpaired) electrons. The number of likely N-dealkylation sites (N-methyl/N-ethyl adjacent to an activating group) is 1. The second-order valence-corrected chi connectivity index (χ2v) is 22.7. The predicted molar refractivity (Wildman–Crippen MR) is 327 cm³/mol. The first-order valence-corrected chi connectivity index (χ1v) is 32.1. The van der Waals surface area contributed by atoms with E-state index in [-0.39, 0.29) is 32.2 Å². The molecule has 0 bridgehead atoms. The van der Waals surface area contributed by atoms with Crippen molar-refractivity contribution in [2.45, 2.75) is 296 Å². The van der Waals surface area contributed by atoms with Crippen molar-refractivity contribution in [3.05, 3.63) is 72.9 Å². The highest BCUT2D eigenvalue weighted by molar-refractivity contribution is 5.71. The van der Waals surface area contributed by atoms with Gasteiger partial charge in [0.15, 0.2) is 6.10 Å². The van der Waals surface area contributed by atoms with Gasteiger partial charge >= 0.3 is 17.9 Å². The summed E-state index contributed by atoms with van der Waals surface area (Å²) in [7, 11) is 5.95. The van der Waals surface area contributed by atoms with Crippen LogP contribution in [-0.2, 0) is 33.3 Å². The Morgan fingerprint density at radius 2 is 0.740 bits per heavy atom. The maximum Gasteiger partial charge on any atom is 0.361 e. The summed E-state index contributed by atoms with van der Waals surface area (Å²) in [5.74, 6) is -2.06. The van der Waals surface area contributed by atoms with Crippen LogP contribution in [0.15, 0.2) is 72.9 Å². The minimum absolute atomic E-state index is 0.178. The summed E-state index contributed by atoms with van der Waals surface area (Å²) in [6.07, 6.45) is 74.6. The highest BCUT2D eigenvalue weighted by Gasteiger charge is 2.25. The number of unbranched alkanes of at least 4 members (excludes halogenated alkanes) is 32. The van der Waals surface area contributed by atoms with Crippen LogP contribution in [0.4, 0.5) is 0 Å². The maximum atomic E-state index is 12.8. The van der Waals surface area contributed by atoms with E-state index in [1.807, 2.05) is 21.1 Å². The molecule has 0 heterocycles. The van der Waals surface area contributed by atoms with Crippen LogP contribution >= 0.6 is 0 Å². The van der Waals surface area contributed by atoms with E-state index >= 15 is 0 Å². The van der Waals surface area contributed by atoms with Crippen molar-refractivity contribution >= 4 is 17.9 Å². The van der Waals surface area contributed by atoms with Crippen LogP contribution in [0.5, 0.6) is 0 Å².